The maximum atomic E-state index is 12.6. The van der Waals surface area contributed by atoms with Gasteiger partial charge >= 0.3 is 5.97 Å². The van der Waals surface area contributed by atoms with E-state index in [-0.39, 0.29) is 12.2 Å². The van der Waals surface area contributed by atoms with Crippen molar-refractivity contribution in [2.24, 2.45) is 0 Å². The van der Waals surface area contributed by atoms with Crippen LogP contribution in [0.3, 0.4) is 0 Å². The van der Waals surface area contributed by atoms with Gasteiger partial charge in [-0.25, -0.2) is 9.78 Å². The van der Waals surface area contributed by atoms with Gasteiger partial charge in [-0.1, -0.05) is 24.3 Å². The van der Waals surface area contributed by atoms with E-state index in [1.165, 1.54) is 17.3 Å². The number of nitrogens with zero attached hydrogens (tertiary/aromatic N) is 3. The largest absolute Gasteiger partial charge is 0.480 e. The molecule has 1 aromatic carbocycles. The van der Waals surface area contributed by atoms with Crippen LogP contribution < -0.4 is 0 Å². The SMILES string of the molecule is Cc1cnc(C(=O)N2Cc3ccccc3C[C@@H]2C(=O)O)cn1. The van der Waals surface area contributed by atoms with Crippen LogP contribution in [-0.2, 0) is 17.8 Å². The van der Waals surface area contributed by atoms with Crippen molar-refractivity contribution in [3.63, 3.8) is 0 Å². The number of benzene rings is 1. The van der Waals surface area contributed by atoms with Crippen LogP contribution in [0.4, 0.5) is 0 Å². The molecule has 0 aliphatic carbocycles. The normalized spacial score (nSPS) is 17.0. The Hall–Kier alpha value is -2.76. The first-order valence-corrected chi connectivity index (χ1v) is 6.95. The lowest BCUT2D eigenvalue weighted by Gasteiger charge is -2.34. The number of carboxylic acids is 1. The molecule has 1 aromatic heterocycles. The molecule has 2 heterocycles. The molecule has 0 spiro atoms. The Morgan fingerprint density at radius 1 is 1.18 bits per heavy atom. The van der Waals surface area contributed by atoms with Crippen LogP contribution in [0.2, 0.25) is 0 Å². The van der Waals surface area contributed by atoms with E-state index in [1.807, 2.05) is 24.3 Å². The van der Waals surface area contributed by atoms with Gasteiger partial charge in [0, 0.05) is 19.2 Å². The molecule has 0 saturated heterocycles. The van der Waals surface area contributed by atoms with Gasteiger partial charge < -0.3 is 10.0 Å². The zero-order valence-corrected chi connectivity index (χ0v) is 12.1. The third-order valence-corrected chi connectivity index (χ3v) is 3.79. The molecule has 1 aliphatic heterocycles. The minimum absolute atomic E-state index is 0.163. The second kappa shape index (κ2) is 5.55. The minimum Gasteiger partial charge on any atom is -0.480 e. The van der Waals surface area contributed by atoms with E-state index in [2.05, 4.69) is 9.97 Å². The molecule has 0 bridgehead atoms. The lowest BCUT2D eigenvalue weighted by atomic mass is 9.93. The van der Waals surface area contributed by atoms with Crippen LogP contribution in [0.15, 0.2) is 36.7 Å². The van der Waals surface area contributed by atoms with Crippen LogP contribution >= 0.6 is 0 Å². The number of aliphatic carboxylic acids is 1. The molecule has 1 amide bonds. The number of amides is 1. The highest BCUT2D eigenvalue weighted by atomic mass is 16.4. The predicted molar refractivity (Wildman–Crippen MR) is 78.2 cm³/mol. The molecule has 6 heteroatoms. The van der Waals surface area contributed by atoms with Gasteiger partial charge in [0.2, 0.25) is 0 Å². The standard InChI is InChI=1S/C16H15N3O3/c1-10-7-18-13(8-17-10)15(20)19-9-12-5-3-2-4-11(12)6-14(19)16(21)22/h2-5,7-8,14H,6,9H2,1H3,(H,21,22)/t14-/m1/s1. The van der Waals surface area contributed by atoms with Crippen molar-refractivity contribution in [3.05, 3.63) is 59.2 Å². The Morgan fingerprint density at radius 2 is 1.91 bits per heavy atom. The Labute approximate surface area is 127 Å². The van der Waals surface area contributed by atoms with Gasteiger partial charge in [0.25, 0.3) is 5.91 Å². The predicted octanol–water partition coefficient (Wildman–Crippen LogP) is 1.44. The lowest BCUT2D eigenvalue weighted by molar-refractivity contribution is -0.142. The molecule has 0 unspecified atom stereocenters. The Kier molecular flexibility index (Phi) is 3.58. The highest BCUT2D eigenvalue weighted by molar-refractivity contribution is 5.95. The number of aromatic nitrogens is 2. The number of rotatable bonds is 2. The number of hydrogen-bond donors (Lipinski definition) is 1. The van der Waals surface area contributed by atoms with E-state index < -0.39 is 17.9 Å². The molecule has 1 atom stereocenters. The van der Waals surface area contributed by atoms with Crippen molar-refractivity contribution in [1.82, 2.24) is 14.9 Å². The van der Waals surface area contributed by atoms with E-state index in [9.17, 15) is 14.7 Å². The fraction of sp³-hybridized carbons (Fsp3) is 0.250. The summed E-state index contributed by atoms with van der Waals surface area (Å²) in [6.07, 6.45) is 3.19. The van der Waals surface area contributed by atoms with Gasteiger partial charge in [0.05, 0.1) is 11.9 Å². The second-order valence-corrected chi connectivity index (χ2v) is 5.30. The molecular weight excluding hydrogens is 282 g/mol. The second-order valence-electron chi connectivity index (χ2n) is 5.30. The fourth-order valence-corrected chi connectivity index (χ4v) is 2.61. The highest BCUT2D eigenvalue weighted by Gasteiger charge is 2.35. The van der Waals surface area contributed by atoms with Gasteiger partial charge in [-0.2, -0.15) is 0 Å². The van der Waals surface area contributed by atoms with E-state index in [4.69, 9.17) is 0 Å². The summed E-state index contributed by atoms with van der Waals surface area (Å²) >= 11 is 0. The molecule has 1 N–H and O–H groups in total. The van der Waals surface area contributed by atoms with Crippen molar-refractivity contribution >= 4 is 11.9 Å². The maximum absolute atomic E-state index is 12.6. The van der Waals surface area contributed by atoms with E-state index >= 15 is 0 Å². The zero-order chi connectivity index (χ0) is 15.7. The van der Waals surface area contributed by atoms with Crippen molar-refractivity contribution in [3.8, 4) is 0 Å². The number of carbonyl (C=O) groups excluding carboxylic acids is 1. The minimum atomic E-state index is -1.01. The number of carboxylic acid groups (broad SMARTS) is 1. The summed E-state index contributed by atoms with van der Waals surface area (Å²) in [4.78, 5) is 33.6. The molecule has 112 valence electrons. The molecule has 3 rings (SSSR count). The molecular formula is C16H15N3O3. The summed E-state index contributed by atoms with van der Waals surface area (Å²) in [5.41, 5.74) is 2.80. The maximum Gasteiger partial charge on any atom is 0.326 e. The summed E-state index contributed by atoms with van der Waals surface area (Å²) in [5, 5.41) is 9.44. The van der Waals surface area contributed by atoms with Gasteiger partial charge in [-0.05, 0) is 18.1 Å². The fourth-order valence-electron chi connectivity index (χ4n) is 2.61. The lowest BCUT2D eigenvalue weighted by Crippen LogP contribution is -2.48. The van der Waals surface area contributed by atoms with Crippen LogP contribution in [0.1, 0.15) is 27.3 Å². The first-order chi connectivity index (χ1) is 10.6. The quantitative estimate of drug-likeness (QED) is 0.906. The summed E-state index contributed by atoms with van der Waals surface area (Å²) in [6, 6.07) is 6.69. The van der Waals surface area contributed by atoms with Gasteiger partial charge in [0.15, 0.2) is 0 Å². The van der Waals surface area contributed by atoms with Gasteiger partial charge in [0.1, 0.15) is 11.7 Å². The number of fused-ring (bicyclic) bond motifs is 1. The monoisotopic (exact) mass is 297 g/mol. The van der Waals surface area contributed by atoms with Crippen molar-refractivity contribution in [2.45, 2.75) is 25.9 Å². The average Bonchev–Trinajstić information content (AvgIpc) is 2.53. The van der Waals surface area contributed by atoms with E-state index in [0.717, 1.165) is 11.1 Å². The Morgan fingerprint density at radius 3 is 2.55 bits per heavy atom. The van der Waals surface area contributed by atoms with Crippen LogP contribution in [0.5, 0.6) is 0 Å². The first kappa shape index (κ1) is 14.2. The molecule has 0 radical (unpaired) electrons. The van der Waals surface area contributed by atoms with E-state index in [0.29, 0.717) is 12.1 Å². The number of carbonyl (C=O) groups is 2. The molecule has 22 heavy (non-hydrogen) atoms. The molecule has 1 aliphatic rings. The van der Waals surface area contributed by atoms with Crippen LogP contribution in [-0.4, -0.2) is 37.9 Å². The molecule has 2 aromatic rings. The zero-order valence-electron chi connectivity index (χ0n) is 12.1. The topological polar surface area (TPSA) is 83.4 Å². The number of aryl methyl sites for hydroxylation is 1. The summed E-state index contributed by atoms with van der Waals surface area (Å²) in [7, 11) is 0. The van der Waals surface area contributed by atoms with Crippen LogP contribution in [0.25, 0.3) is 0 Å². The van der Waals surface area contributed by atoms with Gasteiger partial charge in [-0.3, -0.25) is 9.78 Å². The van der Waals surface area contributed by atoms with Gasteiger partial charge in [-0.15, -0.1) is 0 Å². The van der Waals surface area contributed by atoms with Crippen molar-refractivity contribution in [1.29, 1.82) is 0 Å². The van der Waals surface area contributed by atoms with E-state index in [1.54, 1.807) is 6.92 Å². The molecule has 6 nitrogen and oxygen atoms in total. The smallest absolute Gasteiger partial charge is 0.326 e. The summed E-state index contributed by atoms with van der Waals surface area (Å²) < 4.78 is 0. The summed E-state index contributed by atoms with van der Waals surface area (Å²) in [5.74, 6) is -1.42. The third-order valence-electron chi connectivity index (χ3n) is 3.79. The van der Waals surface area contributed by atoms with Crippen LogP contribution in [0, 0.1) is 6.92 Å². The Balaban J connectivity index is 1.95. The highest BCUT2D eigenvalue weighted by Crippen LogP contribution is 2.24. The summed E-state index contributed by atoms with van der Waals surface area (Å²) in [6.45, 7) is 2.04. The third kappa shape index (κ3) is 2.55. The first-order valence-electron chi connectivity index (χ1n) is 6.95. The van der Waals surface area contributed by atoms with Crippen molar-refractivity contribution in [2.75, 3.05) is 0 Å². The average molecular weight is 297 g/mol. The Bertz CT molecular complexity index is 728. The number of hydrogen-bond acceptors (Lipinski definition) is 4. The molecule has 0 fully saturated rings. The molecule has 0 saturated carbocycles. The van der Waals surface area contributed by atoms with Crippen molar-refractivity contribution < 1.29 is 14.7 Å².